The Balaban J connectivity index is 1.21. The van der Waals surface area contributed by atoms with Gasteiger partial charge in [0.2, 0.25) is 5.75 Å². The quantitative estimate of drug-likeness (QED) is 0.439. The van der Waals surface area contributed by atoms with Gasteiger partial charge in [0, 0.05) is 42.2 Å². The van der Waals surface area contributed by atoms with Gasteiger partial charge < -0.3 is 29.7 Å². The summed E-state index contributed by atoms with van der Waals surface area (Å²) in [5.74, 6) is 1.92. The number of hydrogen-bond donors (Lipinski definition) is 2. The lowest BCUT2D eigenvalue weighted by atomic mass is 9.97. The van der Waals surface area contributed by atoms with E-state index in [1.807, 2.05) is 29.2 Å². The topological polar surface area (TPSA) is 114 Å². The Morgan fingerprint density at radius 1 is 1.05 bits per heavy atom. The fourth-order valence-electron chi connectivity index (χ4n) is 4.88. The summed E-state index contributed by atoms with van der Waals surface area (Å²) in [4.78, 5) is 37.1. The van der Waals surface area contributed by atoms with Crippen LogP contribution in [0.3, 0.4) is 0 Å². The number of carbonyl (C=O) groups excluding carboxylic acids is 2. The first-order chi connectivity index (χ1) is 19.0. The number of ether oxygens (including phenoxy) is 3. The molecule has 0 aliphatic carbocycles. The van der Waals surface area contributed by atoms with Crippen molar-refractivity contribution in [3.8, 4) is 17.2 Å². The number of hydrogen-bond acceptors (Lipinski definition) is 9. The van der Waals surface area contributed by atoms with Crippen molar-refractivity contribution < 1.29 is 23.8 Å². The monoisotopic (exact) mass is 549 g/mol. The van der Waals surface area contributed by atoms with Crippen molar-refractivity contribution in [3.63, 3.8) is 0 Å². The molecule has 1 saturated heterocycles. The second-order valence-corrected chi connectivity index (χ2v) is 10.1. The van der Waals surface area contributed by atoms with Gasteiger partial charge in [-0.25, -0.2) is 4.98 Å². The van der Waals surface area contributed by atoms with Crippen molar-refractivity contribution >= 4 is 34.7 Å². The van der Waals surface area contributed by atoms with Gasteiger partial charge in [-0.15, -0.1) is 11.3 Å². The van der Waals surface area contributed by atoms with Crippen LogP contribution in [0.25, 0.3) is 0 Å². The van der Waals surface area contributed by atoms with Gasteiger partial charge >= 0.3 is 0 Å². The lowest BCUT2D eigenvalue weighted by Gasteiger charge is -2.31. The molecule has 2 amide bonds. The number of anilines is 1. The number of piperidine rings is 1. The maximum atomic E-state index is 13.3. The summed E-state index contributed by atoms with van der Waals surface area (Å²) in [5.41, 5.74) is 2.46. The van der Waals surface area contributed by atoms with E-state index in [4.69, 9.17) is 14.2 Å². The maximum Gasteiger partial charge on any atom is 0.275 e. The summed E-state index contributed by atoms with van der Waals surface area (Å²) in [6.07, 6.45) is 1.51. The minimum Gasteiger partial charge on any atom is -0.493 e. The van der Waals surface area contributed by atoms with E-state index in [-0.39, 0.29) is 17.7 Å². The maximum absolute atomic E-state index is 13.3. The predicted molar refractivity (Wildman–Crippen MR) is 150 cm³/mol. The molecule has 0 bridgehead atoms. The second kappa shape index (κ2) is 11.7. The van der Waals surface area contributed by atoms with Gasteiger partial charge in [-0.05, 0) is 37.1 Å². The molecule has 10 nitrogen and oxygen atoms in total. The summed E-state index contributed by atoms with van der Waals surface area (Å²) >= 11 is 1.48. The molecule has 2 N–H and O–H groups in total. The van der Waals surface area contributed by atoms with E-state index in [0.29, 0.717) is 47.3 Å². The first-order valence-corrected chi connectivity index (χ1v) is 13.6. The Labute approximate surface area is 231 Å². The van der Waals surface area contributed by atoms with Gasteiger partial charge in [-0.3, -0.25) is 14.6 Å². The Morgan fingerprint density at radius 2 is 1.85 bits per heavy atom. The predicted octanol–water partition coefficient (Wildman–Crippen LogP) is 3.79. The van der Waals surface area contributed by atoms with Gasteiger partial charge in [0.25, 0.3) is 11.8 Å². The van der Waals surface area contributed by atoms with Gasteiger partial charge in [-0.1, -0.05) is 12.1 Å². The summed E-state index contributed by atoms with van der Waals surface area (Å²) in [5, 5.41) is 8.90. The Morgan fingerprint density at radius 3 is 2.54 bits per heavy atom. The van der Waals surface area contributed by atoms with E-state index in [0.717, 1.165) is 42.3 Å². The molecule has 2 aliphatic heterocycles. The highest BCUT2D eigenvalue weighted by molar-refractivity contribution is 7.10. The molecule has 3 aromatic rings. The van der Waals surface area contributed by atoms with Crippen LogP contribution < -0.4 is 24.8 Å². The van der Waals surface area contributed by atoms with Crippen molar-refractivity contribution in [2.45, 2.75) is 18.8 Å². The molecule has 1 fully saturated rings. The Bertz CT molecular complexity index is 1400. The zero-order valence-corrected chi connectivity index (χ0v) is 23.0. The number of carbonyl (C=O) groups is 2. The largest absolute Gasteiger partial charge is 0.493 e. The molecule has 1 aromatic heterocycles. The number of aliphatic imine (C=N–C) groups is 1. The molecule has 0 saturated carbocycles. The average Bonchev–Trinajstić information content (AvgIpc) is 3.69. The fraction of sp³-hybridized carbons (Fsp3) is 0.357. The number of methoxy groups -OCH3 is 3. The molecule has 11 heteroatoms. The van der Waals surface area contributed by atoms with Gasteiger partial charge in [0.05, 0.1) is 38.4 Å². The van der Waals surface area contributed by atoms with Crippen LogP contribution in [0.2, 0.25) is 0 Å². The van der Waals surface area contributed by atoms with Crippen molar-refractivity contribution in [3.05, 3.63) is 63.6 Å². The zero-order valence-electron chi connectivity index (χ0n) is 22.2. The first-order valence-electron chi connectivity index (χ1n) is 12.8. The number of nitrogens with one attached hydrogen (secondary N) is 2. The molecule has 0 unspecified atom stereocenters. The first kappa shape index (κ1) is 26.5. The van der Waals surface area contributed by atoms with Crippen LogP contribution in [0.4, 0.5) is 5.69 Å². The van der Waals surface area contributed by atoms with Crippen LogP contribution in [-0.4, -0.2) is 75.0 Å². The molecular formula is C28H31N5O5S. The summed E-state index contributed by atoms with van der Waals surface area (Å²) in [6.45, 7) is 2.73. The molecule has 2 aromatic carbocycles. The average molecular weight is 550 g/mol. The second-order valence-electron chi connectivity index (χ2n) is 9.21. The van der Waals surface area contributed by atoms with Crippen molar-refractivity contribution in [1.82, 2.24) is 15.2 Å². The normalized spacial score (nSPS) is 15.4. The third-order valence-electron chi connectivity index (χ3n) is 6.89. The van der Waals surface area contributed by atoms with E-state index in [1.54, 1.807) is 24.6 Å². The van der Waals surface area contributed by atoms with Crippen LogP contribution in [-0.2, 0) is 0 Å². The number of rotatable bonds is 8. The molecule has 0 radical (unpaired) electrons. The van der Waals surface area contributed by atoms with Gasteiger partial charge in [0.15, 0.2) is 11.5 Å². The van der Waals surface area contributed by atoms with Gasteiger partial charge in [0.1, 0.15) is 11.5 Å². The molecule has 39 heavy (non-hydrogen) atoms. The van der Waals surface area contributed by atoms with Crippen LogP contribution in [0.5, 0.6) is 17.2 Å². The third-order valence-corrected chi connectivity index (χ3v) is 7.90. The van der Waals surface area contributed by atoms with Crippen LogP contribution in [0, 0.1) is 0 Å². The van der Waals surface area contributed by atoms with Crippen molar-refractivity contribution in [1.29, 1.82) is 0 Å². The van der Waals surface area contributed by atoms with Crippen LogP contribution in [0.15, 0.2) is 46.8 Å². The Hall–Kier alpha value is -4.12. The smallest absolute Gasteiger partial charge is 0.275 e. The SMILES string of the molecule is COc1ccc(C(=O)N2CCC(c3nc(C(=O)Nc4cccc(C5=NCCN5)c4)cs3)CC2)c(OC)c1OC. The zero-order chi connectivity index (χ0) is 27.4. The van der Waals surface area contributed by atoms with E-state index in [1.165, 1.54) is 25.6 Å². The van der Waals surface area contributed by atoms with Crippen molar-refractivity contribution in [2.24, 2.45) is 4.99 Å². The highest BCUT2D eigenvalue weighted by Gasteiger charge is 2.30. The summed E-state index contributed by atoms with van der Waals surface area (Å²) in [6, 6.07) is 11.0. The molecular weight excluding hydrogens is 518 g/mol. The number of amides is 2. The third kappa shape index (κ3) is 5.53. The van der Waals surface area contributed by atoms with Crippen molar-refractivity contribution in [2.75, 3.05) is 52.8 Å². The number of benzene rings is 2. The highest BCUT2D eigenvalue weighted by Crippen LogP contribution is 2.41. The Kier molecular flexibility index (Phi) is 7.97. The van der Waals surface area contributed by atoms with E-state index in [9.17, 15) is 9.59 Å². The molecule has 204 valence electrons. The highest BCUT2D eigenvalue weighted by atomic mass is 32.1. The number of aromatic nitrogens is 1. The minimum atomic E-state index is -0.246. The fourth-order valence-corrected chi connectivity index (χ4v) is 5.85. The lowest BCUT2D eigenvalue weighted by molar-refractivity contribution is 0.0708. The van der Waals surface area contributed by atoms with Crippen LogP contribution >= 0.6 is 11.3 Å². The summed E-state index contributed by atoms with van der Waals surface area (Å²) < 4.78 is 16.3. The number of thiazole rings is 1. The number of amidine groups is 1. The van der Waals surface area contributed by atoms with E-state index in [2.05, 4.69) is 20.6 Å². The van der Waals surface area contributed by atoms with Crippen LogP contribution in [0.1, 0.15) is 50.2 Å². The number of likely N-dealkylation sites (tertiary alicyclic amines) is 1. The molecule has 0 spiro atoms. The minimum absolute atomic E-state index is 0.119. The lowest BCUT2D eigenvalue weighted by Crippen LogP contribution is -2.38. The molecule has 2 aliphatic rings. The molecule has 5 rings (SSSR count). The van der Waals surface area contributed by atoms with E-state index >= 15 is 0 Å². The summed E-state index contributed by atoms with van der Waals surface area (Å²) in [7, 11) is 4.57. The number of nitrogens with zero attached hydrogens (tertiary/aromatic N) is 3. The standard InChI is InChI=1S/C28H31N5O5S/c1-36-22-8-7-20(23(37-2)24(22)38-3)28(35)33-13-9-17(10-14-33)27-32-21(16-39-27)26(34)31-19-6-4-5-18(15-19)25-29-11-12-30-25/h4-8,15-17H,9-14H2,1-3H3,(H,29,30)(H,31,34). The van der Waals surface area contributed by atoms with Gasteiger partial charge in [-0.2, -0.15) is 0 Å². The molecule has 0 atom stereocenters. The molecule has 3 heterocycles. The van der Waals surface area contributed by atoms with E-state index < -0.39 is 0 Å².